The summed E-state index contributed by atoms with van der Waals surface area (Å²) in [7, 11) is 3.82. The Bertz CT molecular complexity index is 724. The predicted molar refractivity (Wildman–Crippen MR) is 125 cm³/mol. The standard InChI is InChI=1S/C21H33N5.HI/c1-7-18(19-11-9-8-10-12-19)14-23-21(22-5)24-15(2)13-20-16(3)25-26(6)17(20)4;/h8-12,15,18H,7,13-14H2,1-6H3,(H2,22,23,24);1H. The van der Waals surface area contributed by atoms with Gasteiger partial charge in [0.1, 0.15) is 0 Å². The smallest absolute Gasteiger partial charge is 0.191 e. The number of benzene rings is 1. The fourth-order valence-corrected chi connectivity index (χ4v) is 3.34. The van der Waals surface area contributed by atoms with Gasteiger partial charge in [-0.25, -0.2) is 0 Å². The molecule has 1 aromatic heterocycles. The number of nitrogens with zero attached hydrogens (tertiary/aromatic N) is 3. The maximum Gasteiger partial charge on any atom is 0.191 e. The first-order valence-corrected chi connectivity index (χ1v) is 9.47. The molecule has 0 aliphatic heterocycles. The minimum Gasteiger partial charge on any atom is -0.356 e. The molecule has 5 nitrogen and oxygen atoms in total. The van der Waals surface area contributed by atoms with Crippen LogP contribution < -0.4 is 10.6 Å². The van der Waals surface area contributed by atoms with Crippen molar-refractivity contribution in [3.8, 4) is 0 Å². The molecule has 0 saturated heterocycles. The number of rotatable bonds is 7. The molecule has 0 spiro atoms. The summed E-state index contributed by atoms with van der Waals surface area (Å²) in [6, 6.07) is 10.9. The fraction of sp³-hybridized carbons (Fsp3) is 0.524. The number of hydrogen-bond donors (Lipinski definition) is 2. The van der Waals surface area contributed by atoms with E-state index in [1.807, 2.05) is 18.8 Å². The zero-order valence-corrected chi connectivity index (χ0v) is 19.7. The van der Waals surface area contributed by atoms with Gasteiger partial charge in [0.25, 0.3) is 0 Å². The van der Waals surface area contributed by atoms with E-state index in [4.69, 9.17) is 0 Å². The van der Waals surface area contributed by atoms with Crippen LogP contribution in [0.25, 0.3) is 0 Å². The number of halogens is 1. The van der Waals surface area contributed by atoms with Gasteiger partial charge in [0.2, 0.25) is 0 Å². The van der Waals surface area contributed by atoms with E-state index in [1.54, 1.807) is 0 Å². The Morgan fingerprint density at radius 3 is 2.41 bits per heavy atom. The van der Waals surface area contributed by atoms with Gasteiger partial charge in [-0.3, -0.25) is 9.67 Å². The zero-order chi connectivity index (χ0) is 19.1. The molecule has 0 aliphatic rings. The molecular formula is C21H34IN5. The van der Waals surface area contributed by atoms with Crippen LogP contribution in [-0.4, -0.2) is 35.4 Å². The molecule has 0 amide bonds. The van der Waals surface area contributed by atoms with Gasteiger partial charge in [0.05, 0.1) is 5.69 Å². The number of guanidine groups is 1. The van der Waals surface area contributed by atoms with Gasteiger partial charge in [0.15, 0.2) is 5.96 Å². The normalized spacial score (nSPS) is 13.6. The fourth-order valence-electron chi connectivity index (χ4n) is 3.34. The molecule has 1 aromatic carbocycles. The lowest BCUT2D eigenvalue weighted by Crippen LogP contribution is -2.44. The Morgan fingerprint density at radius 2 is 1.89 bits per heavy atom. The molecule has 2 unspecified atom stereocenters. The van der Waals surface area contributed by atoms with Gasteiger partial charge < -0.3 is 10.6 Å². The molecule has 0 aliphatic carbocycles. The Kier molecular flexibility index (Phi) is 9.83. The van der Waals surface area contributed by atoms with E-state index in [1.165, 1.54) is 16.8 Å². The van der Waals surface area contributed by atoms with E-state index < -0.39 is 0 Å². The second kappa shape index (κ2) is 11.3. The highest BCUT2D eigenvalue weighted by atomic mass is 127. The lowest BCUT2D eigenvalue weighted by molar-refractivity contribution is 0.602. The highest BCUT2D eigenvalue weighted by molar-refractivity contribution is 14.0. The molecule has 2 atom stereocenters. The number of hydrogen-bond acceptors (Lipinski definition) is 2. The molecule has 0 bridgehead atoms. The number of nitrogens with one attached hydrogen (secondary N) is 2. The molecule has 2 N–H and O–H groups in total. The Hall–Kier alpha value is -1.57. The van der Waals surface area contributed by atoms with Crippen molar-refractivity contribution < 1.29 is 0 Å². The summed E-state index contributed by atoms with van der Waals surface area (Å²) in [5, 5.41) is 11.5. The van der Waals surface area contributed by atoms with Gasteiger partial charge in [-0.1, -0.05) is 37.3 Å². The zero-order valence-electron chi connectivity index (χ0n) is 17.4. The maximum atomic E-state index is 4.51. The first-order chi connectivity index (χ1) is 12.5. The Morgan fingerprint density at radius 1 is 1.22 bits per heavy atom. The van der Waals surface area contributed by atoms with Crippen molar-refractivity contribution in [3.63, 3.8) is 0 Å². The van der Waals surface area contributed by atoms with E-state index in [0.717, 1.165) is 31.0 Å². The summed E-state index contributed by atoms with van der Waals surface area (Å²) in [6.07, 6.45) is 2.03. The molecular weight excluding hydrogens is 449 g/mol. The molecule has 1 heterocycles. The molecule has 27 heavy (non-hydrogen) atoms. The number of aliphatic imine (C=N–C) groups is 1. The minimum atomic E-state index is 0. The summed E-state index contributed by atoms with van der Waals surface area (Å²) in [6.45, 7) is 9.49. The molecule has 2 aromatic rings. The summed E-state index contributed by atoms with van der Waals surface area (Å²) in [5.74, 6) is 1.33. The molecule has 6 heteroatoms. The van der Waals surface area contributed by atoms with Crippen LogP contribution in [0.5, 0.6) is 0 Å². The van der Waals surface area contributed by atoms with Gasteiger partial charge >= 0.3 is 0 Å². The van der Waals surface area contributed by atoms with E-state index in [9.17, 15) is 0 Å². The topological polar surface area (TPSA) is 54.2 Å². The molecule has 0 radical (unpaired) electrons. The first kappa shape index (κ1) is 23.5. The number of aromatic nitrogens is 2. The van der Waals surface area contributed by atoms with E-state index in [0.29, 0.717) is 5.92 Å². The van der Waals surface area contributed by atoms with Crippen LogP contribution in [0.4, 0.5) is 0 Å². The minimum absolute atomic E-state index is 0. The maximum absolute atomic E-state index is 4.51. The second-order valence-corrected chi connectivity index (χ2v) is 6.99. The quantitative estimate of drug-likeness (QED) is 0.357. The van der Waals surface area contributed by atoms with Crippen LogP contribution in [0, 0.1) is 13.8 Å². The van der Waals surface area contributed by atoms with Crippen LogP contribution in [0.1, 0.15) is 48.7 Å². The highest BCUT2D eigenvalue weighted by Gasteiger charge is 2.15. The first-order valence-electron chi connectivity index (χ1n) is 9.47. The van der Waals surface area contributed by atoms with Crippen LogP contribution in [-0.2, 0) is 13.5 Å². The predicted octanol–water partition coefficient (Wildman–Crippen LogP) is 3.94. The SMILES string of the molecule is CCC(CNC(=NC)NC(C)Cc1c(C)nn(C)c1C)c1ccccc1.I. The third-order valence-electron chi connectivity index (χ3n) is 5.06. The van der Waals surface area contributed by atoms with Gasteiger partial charge in [-0.15, -0.1) is 24.0 Å². The second-order valence-electron chi connectivity index (χ2n) is 6.99. The lowest BCUT2D eigenvalue weighted by atomic mass is 9.96. The van der Waals surface area contributed by atoms with Crippen LogP contribution in [0.2, 0.25) is 0 Å². The van der Waals surface area contributed by atoms with E-state index in [2.05, 4.69) is 78.8 Å². The molecule has 0 saturated carbocycles. The largest absolute Gasteiger partial charge is 0.356 e. The van der Waals surface area contributed by atoms with Crippen molar-refractivity contribution >= 4 is 29.9 Å². The van der Waals surface area contributed by atoms with Crippen molar-refractivity contribution in [1.82, 2.24) is 20.4 Å². The summed E-state index contributed by atoms with van der Waals surface area (Å²) in [5.41, 5.74) is 5.03. The average Bonchev–Trinajstić information content (AvgIpc) is 2.88. The van der Waals surface area contributed by atoms with Gasteiger partial charge in [-0.2, -0.15) is 5.10 Å². The Balaban J connectivity index is 0.00000364. The van der Waals surface area contributed by atoms with Gasteiger partial charge in [0, 0.05) is 38.3 Å². The van der Waals surface area contributed by atoms with Crippen LogP contribution in [0.3, 0.4) is 0 Å². The molecule has 0 fully saturated rings. The number of aryl methyl sites for hydroxylation is 2. The van der Waals surface area contributed by atoms with E-state index in [-0.39, 0.29) is 30.0 Å². The van der Waals surface area contributed by atoms with Crippen molar-refractivity contribution in [3.05, 3.63) is 52.8 Å². The molecule has 150 valence electrons. The highest BCUT2D eigenvalue weighted by Crippen LogP contribution is 2.18. The summed E-state index contributed by atoms with van der Waals surface area (Å²) in [4.78, 5) is 4.39. The van der Waals surface area contributed by atoms with Crippen molar-refractivity contribution in [2.75, 3.05) is 13.6 Å². The Labute approximate surface area is 181 Å². The molecule has 2 rings (SSSR count). The van der Waals surface area contributed by atoms with Crippen molar-refractivity contribution in [2.45, 2.75) is 52.5 Å². The third kappa shape index (κ3) is 6.52. The lowest BCUT2D eigenvalue weighted by Gasteiger charge is -2.21. The van der Waals surface area contributed by atoms with Crippen molar-refractivity contribution in [2.24, 2.45) is 12.0 Å². The van der Waals surface area contributed by atoms with Crippen molar-refractivity contribution in [1.29, 1.82) is 0 Å². The summed E-state index contributed by atoms with van der Waals surface area (Å²) >= 11 is 0. The summed E-state index contributed by atoms with van der Waals surface area (Å²) < 4.78 is 1.95. The van der Waals surface area contributed by atoms with E-state index >= 15 is 0 Å². The van der Waals surface area contributed by atoms with Gasteiger partial charge in [-0.05, 0) is 44.7 Å². The third-order valence-corrected chi connectivity index (χ3v) is 5.06. The van der Waals surface area contributed by atoms with Crippen LogP contribution in [0.15, 0.2) is 35.3 Å². The van der Waals surface area contributed by atoms with Crippen LogP contribution >= 0.6 is 24.0 Å². The monoisotopic (exact) mass is 483 g/mol. The average molecular weight is 483 g/mol.